The minimum Gasteiger partial charge on any atom is -0.492 e. The largest absolute Gasteiger partial charge is 0.492 e. The van der Waals surface area contributed by atoms with E-state index in [1.807, 2.05) is 0 Å². The van der Waals surface area contributed by atoms with Crippen LogP contribution in [-0.2, 0) is 0 Å². The van der Waals surface area contributed by atoms with Crippen molar-refractivity contribution < 1.29 is 4.74 Å². The third-order valence-electron chi connectivity index (χ3n) is 3.20. The molecule has 0 aliphatic rings. The first-order valence-electron chi connectivity index (χ1n) is 6.42. The standard InChI is InChI=1S/C15H25NO/c1-6-12(2)15-11-14(8-7-13(15)3)17-10-9-16(4)5/h7-8,11-12H,6,9-10H2,1-5H3. The summed E-state index contributed by atoms with van der Waals surface area (Å²) < 4.78 is 5.77. The summed E-state index contributed by atoms with van der Waals surface area (Å²) in [5.74, 6) is 1.60. The zero-order valence-corrected chi connectivity index (χ0v) is 11.8. The predicted octanol–water partition coefficient (Wildman–Crippen LogP) is 3.45. The molecule has 1 aromatic carbocycles. The van der Waals surface area contributed by atoms with E-state index in [1.54, 1.807) is 0 Å². The van der Waals surface area contributed by atoms with Gasteiger partial charge in [0, 0.05) is 6.54 Å². The van der Waals surface area contributed by atoms with E-state index in [1.165, 1.54) is 17.5 Å². The Morgan fingerprint density at radius 1 is 1.29 bits per heavy atom. The number of hydrogen-bond donors (Lipinski definition) is 0. The van der Waals surface area contributed by atoms with Crippen LogP contribution in [0, 0.1) is 6.92 Å². The van der Waals surface area contributed by atoms with Crippen molar-refractivity contribution in [2.45, 2.75) is 33.1 Å². The maximum atomic E-state index is 5.77. The second-order valence-corrected chi connectivity index (χ2v) is 4.98. The fraction of sp³-hybridized carbons (Fsp3) is 0.600. The van der Waals surface area contributed by atoms with E-state index in [0.29, 0.717) is 5.92 Å². The van der Waals surface area contributed by atoms with Crippen LogP contribution in [0.4, 0.5) is 0 Å². The van der Waals surface area contributed by atoms with Crippen LogP contribution in [0.15, 0.2) is 18.2 Å². The van der Waals surface area contributed by atoms with Gasteiger partial charge in [0.15, 0.2) is 0 Å². The lowest BCUT2D eigenvalue weighted by Crippen LogP contribution is -2.19. The molecule has 0 saturated heterocycles. The second-order valence-electron chi connectivity index (χ2n) is 4.98. The number of likely N-dealkylation sites (N-methyl/N-ethyl adjacent to an activating group) is 1. The third-order valence-corrected chi connectivity index (χ3v) is 3.20. The van der Waals surface area contributed by atoms with Crippen LogP contribution >= 0.6 is 0 Å². The molecule has 1 rings (SSSR count). The van der Waals surface area contributed by atoms with Crippen molar-refractivity contribution >= 4 is 0 Å². The Balaban J connectivity index is 2.68. The minimum absolute atomic E-state index is 0.604. The fourth-order valence-corrected chi connectivity index (χ4v) is 1.81. The van der Waals surface area contributed by atoms with Crippen molar-refractivity contribution in [3.8, 4) is 5.75 Å². The van der Waals surface area contributed by atoms with Crippen molar-refractivity contribution in [2.24, 2.45) is 0 Å². The highest BCUT2D eigenvalue weighted by Crippen LogP contribution is 2.26. The molecule has 0 aliphatic carbocycles. The molecule has 1 atom stereocenters. The van der Waals surface area contributed by atoms with Crippen LogP contribution in [0.3, 0.4) is 0 Å². The van der Waals surface area contributed by atoms with Crippen molar-refractivity contribution in [1.82, 2.24) is 4.90 Å². The molecule has 0 fully saturated rings. The van der Waals surface area contributed by atoms with Crippen molar-refractivity contribution in [1.29, 1.82) is 0 Å². The average molecular weight is 235 g/mol. The van der Waals surface area contributed by atoms with Gasteiger partial charge in [0.2, 0.25) is 0 Å². The predicted molar refractivity (Wildman–Crippen MR) is 73.9 cm³/mol. The fourth-order valence-electron chi connectivity index (χ4n) is 1.81. The molecule has 1 aromatic rings. The molecule has 0 aromatic heterocycles. The first kappa shape index (κ1) is 14.0. The van der Waals surface area contributed by atoms with Crippen molar-refractivity contribution in [2.75, 3.05) is 27.2 Å². The van der Waals surface area contributed by atoms with Gasteiger partial charge in [-0.15, -0.1) is 0 Å². The van der Waals surface area contributed by atoms with Crippen LogP contribution in [0.2, 0.25) is 0 Å². The zero-order valence-electron chi connectivity index (χ0n) is 11.8. The van der Waals surface area contributed by atoms with Crippen LogP contribution in [0.25, 0.3) is 0 Å². The van der Waals surface area contributed by atoms with E-state index in [0.717, 1.165) is 18.9 Å². The zero-order chi connectivity index (χ0) is 12.8. The Bertz CT molecular complexity index is 347. The molecule has 1 unspecified atom stereocenters. The first-order valence-corrected chi connectivity index (χ1v) is 6.42. The van der Waals surface area contributed by atoms with Gasteiger partial charge in [-0.3, -0.25) is 0 Å². The molecule has 0 saturated carbocycles. The van der Waals surface area contributed by atoms with E-state index in [9.17, 15) is 0 Å². The van der Waals surface area contributed by atoms with Gasteiger partial charge in [0.05, 0.1) is 0 Å². The van der Waals surface area contributed by atoms with Crippen LogP contribution in [0.1, 0.15) is 37.3 Å². The second kappa shape index (κ2) is 6.65. The number of benzene rings is 1. The molecule has 96 valence electrons. The third kappa shape index (κ3) is 4.39. The Hall–Kier alpha value is -1.02. The number of rotatable bonds is 6. The van der Waals surface area contributed by atoms with E-state index < -0.39 is 0 Å². The summed E-state index contributed by atoms with van der Waals surface area (Å²) in [6, 6.07) is 6.42. The lowest BCUT2D eigenvalue weighted by molar-refractivity contribution is 0.261. The maximum Gasteiger partial charge on any atom is 0.119 e. The molecule has 0 aliphatic heterocycles. The van der Waals surface area contributed by atoms with E-state index in [4.69, 9.17) is 4.74 Å². The summed E-state index contributed by atoms with van der Waals surface area (Å²) in [5, 5.41) is 0. The summed E-state index contributed by atoms with van der Waals surface area (Å²) in [5.41, 5.74) is 2.77. The van der Waals surface area contributed by atoms with Crippen molar-refractivity contribution in [3.05, 3.63) is 29.3 Å². The van der Waals surface area contributed by atoms with Crippen molar-refractivity contribution in [3.63, 3.8) is 0 Å². The molecule has 0 bridgehead atoms. The molecule has 0 radical (unpaired) electrons. The number of nitrogens with zero attached hydrogens (tertiary/aromatic N) is 1. The topological polar surface area (TPSA) is 12.5 Å². The van der Waals surface area contributed by atoms with E-state index in [2.05, 4.69) is 58.0 Å². The highest BCUT2D eigenvalue weighted by Gasteiger charge is 2.07. The van der Waals surface area contributed by atoms with E-state index in [-0.39, 0.29) is 0 Å². The highest BCUT2D eigenvalue weighted by molar-refractivity contribution is 5.36. The van der Waals surface area contributed by atoms with Gasteiger partial charge in [-0.2, -0.15) is 0 Å². The van der Waals surface area contributed by atoms with Gasteiger partial charge in [-0.1, -0.05) is 19.9 Å². The SMILES string of the molecule is CCC(C)c1cc(OCCN(C)C)ccc1C. The van der Waals surface area contributed by atoms with Gasteiger partial charge < -0.3 is 9.64 Å². The molecular weight excluding hydrogens is 210 g/mol. The van der Waals surface area contributed by atoms with Gasteiger partial charge >= 0.3 is 0 Å². The number of hydrogen-bond acceptors (Lipinski definition) is 2. The molecule has 0 N–H and O–H groups in total. The molecule has 0 spiro atoms. The molecule has 17 heavy (non-hydrogen) atoms. The van der Waals surface area contributed by atoms with E-state index >= 15 is 0 Å². The molecule has 0 amide bonds. The Labute approximate surface area is 106 Å². The van der Waals surface area contributed by atoms with Crippen LogP contribution in [0.5, 0.6) is 5.75 Å². The summed E-state index contributed by atoms with van der Waals surface area (Å²) >= 11 is 0. The quantitative estimate of drug-likeness (QED) is 0.749. The monoisotopic (exact) mass is 235 g/mol. The lowest BCUT2D eigenvalue weighted by atomic mass is 9.94. The Morgan fingerprint density at radius 2 is 2.00 bits per heavy atom. The molecule has 0 heterocycles. The lowest BCUT2D eigenvalue weighted by Gasteiger charge is -2.16. The number of aryl methyl sites for hydroxylation is 1. The van der Waals surface area contributed by atoms with Crippen LogP contribution < -0.4 is 4.74 Å². The maximum absolute atomic E-state index is 5.77. The van der Waals surface area contributed by atoms with Gasteiger partial charge in [-0.05, 0) is 56.6 Å². The van der Waals surface area contributed by atoms with Gasteiger partial charge in [-0.25, -0.2) is 0 Å². The normalized spacial score (nSPS) is 12.8. The van der Waals surface area contributed by atoms with Gasteiger partial charge in [0.1, 0.15) is 12.4 Å². The average Bonchev–Trinajstić information content (AvgIpc) is 2.30. The molecule has 2 heteroatoms. The first-order chi connectivity index (χ1) is 8.04. The molecule has 2 nitrogen and oxygen atoms in total. The number of ether oxygens (including phenoxy) is 1. The molecular formula is C15H25NO. The Morgan fingerprint density at radius 3 is 2.59 bits per heavy atom. The Kier molecular flexibility index (Phi) is 5.49. The summed E-state index contributed by atoms with van der Waals surface area (Å²) in [6.45, 7) is 8.36. The summed E-state index contributed by atoms with van der Waals surface area (Å²) in [7, 11) is 4.12. The summed E-state index contributed by atoms with van der Waals surface area (Å²) in [4.78, 5) is 2.13. The highest BCUT2D eigenvalue weighted by atomic mass is 16.5. The smallest absolute Gasteiger partial charge is 0.119 e. The van der Waals surface area contributed by atoms with Crippen LogP contribution in [-0.4, -0.2) is 32.1 Å². The van der Waals surface area contributed by atoms with Gasteiger partial charge in [0.25, 0.3) is 0 Å². The summed E-state index contributed by atoms with van der Waals surface area (Å²) in [6.07, 6.45) is 1.17. The minimum atomic E-state index is 0.604.